The quantitative estimate of drug-likeness (QED) is 0.818. The van der Waals surface area contributed by atoms with E-state index in [1.165, 1.54) is 16.7 Å². The third-order valence-electron chi connectivity index (χ3n) is 4.63. The molecule has 1 aromatic carbocycles. The van der Waals surface area contributed by atoms with Crippen molar-refractivity contribution in [2.45, 2.75) is 46.2 Å². The molecule has 1 aromatic rings. The Bertz CT molecular complexity index is 813. The van der Waals surface area contributed by atoms with Crippen LogP contribution in [0.25, 0.3) is 17.8 Å². The van der Waals surface area contributed by atoms with Crippen molar-refractivity contribution in [1.82, 2.24) is 10.6 Å². The average Bonchev–Trinajstić information content (AvgIpc) is 3.41. The van der Waals surface area contributed by atoms with E-state index < -0.39 is 0 Å². The lowest BCUT2D eigenvalue weighted by Gasteiger charge is -2.19. The lowest BCUT2D eigenvalue weighted by molar-refractivity contribution is -0.122. The zero-order valence-electron chi connectivity index (χ0n) is 14.7. The maximum Gasteiger partial charge on any atom is 0.224 e. The molecule has 3 nitrogen and oxygen atoms in total. The van der Waals surface area contributed by atoms with Gasteiger partial charge in [-0.15, -0.1) is 0 Å². The molecule has 3 rings (SSSR count). The summed E-state index contributed by atoms with van der Waals surface area (Å²) in [7, 11) is 0. The Balaban J connectivity index is 1.85. The first kappa shape index (κ1) is 16.6. The van der Waals surface area contributed by atoms with Gasteiger partial charge < -0.3 is 10.6 Å². The second-order valence-corrected chi connectivity index (χ2v) is 6.58. The van der Waals surface area contributed by atoms with Crippen molar-refractivity contribution in [3.8, 4) is 0 Å². The molecule has 1 aliphatic carbocycles. The largest absolute Gasteiger partial charge is 0.368 e. The molecule has 0 bridgehead atoms. The van der Waals surface area contributed by atoms with Crippen LogP contribution in [0.2, 0.25) is 0 Å². The van der Waals surface area contributed by atoms with Gasteiger partial charge in [0, 0.05) is 12.1 Å². The van der Waals surface area contributed by atoms with Crippen molar-refractivity contribution in [3.63, 3.8) is 0 Å². The van der Waals surface area contributed by atoms with E-state index in [2.05, 4.69) is 67.8 Å². The SMILES string of the molecule is C/C=C(\C(C)=C/CC)c1ccc2c(c1)=CNC(NC(=O)C1CC1)C=2. The van der Waals surface area contributed by atoms with Crippen molar-refractivity contribution in [2.24, 2.45) is 5.92 Å². The number of hydrogen-bond acceptors (Lipinski definition) is 2. The number of hydrogen-bond donors (Lipinski definition) is 2. The maximum absolute atomic E-state index is 11.9. The van der Waals surface area contributed by atoms with Gasteiger partial charge in [-0.25, -0.2) is 0 Å². The van der Waals surface area contributed by atoms with E-state index in [0.29, 0.717) is 0 Å². The number of nitrogens with one attached hydrogen (secondary N) is 2. The van der Waals surface area contributed by atoms with Crippen LogP contribution in [0.1, 0.15) is 45.6 Å². The summed E-state index contributed by atoms with van der Waals surface area (Å²) in [6, 6.07) is 6.51. The topological polar surface area (TPSA) is 41.1 Å². The van der Waals surface area contributed by atoms with Gasteiger partial charge in [-0.1, -0.05) is 31.2 Å². The van der Waals surface area contributed by atoms with Crippen LogP contribution in [0.4, 0.5) is 0 Å². The predicted octanol–water partition coefficient (Wildman–Crippen LogP) is 2.42. The Hall–Kier alpha value is -2.29. The summed E-state index contributed by atoms with van der Waals surface area (Å²) < 4.78 is 0. The molecule has 126 valence electrons. The number of fused-ring (bicyclic) bond motifs is 1. The van der Waals surface area contributed by atoms with Crippen LogP contribution in [0, 0.1) is 5.92 Å². The predicted molar refractivity (Wildman–Crippen MR) is 100 cm³/mol. The summed E-state index contributed by atoms with van der Waals surface area (Å²) in [4.78, 5) is 11.9. The molecule has 1 aliphatic heterocycles. The number of benzene rings is 1. The van der Waals surface area contributed by atoms with Crippen molar-refractivity contribution >= 4 is 23.8 Å². The summed E-state index contributed by atoms with van der Waals surface area (Å²) >= 11 is 0. The van der Waals surface area contributed by atoms with Crippen molar-refractivity contribution in [1.29, 1.82) is 0 Å². The first-order valence-corrected chi connectivity index (χ1v) is 8.84. The van der Waals surface area contributed by atoms with Crippen LogP contribution in [-0.2, 0) is 4.79 Å². The van der Waals surface area contributed by atoms with Gasteiger partial charge in [0.2, 0.25) is 5.91 Å². The van der Waals surface area contributed by atoms with E-state index in [1.54, 1.807) is 0 Å². The summed E-state index contributed by atoms with van der Waals surface area (Å²) in [5, 5.41) is 8.65. The summed E-state index contributed by atoms with van der Waals surface area (Å²) in [5.74, 6) is 0.392. The van der Waals surface area contributed by atoms with Crippen molar-refractivity contribution in [2.75, 3.05) is 0 Å². The Morgan fingerprint density at radius 2 is 2.12 bits per heavy atom. The Morgan fingerprint density at radius 3 is 2.79 bits per heavy atom. The Morgan fingerprint density at radius 1 is 1.33 bits per heavy atom. The van der Waals surface area contributed by atoms with Crippen LogP contribution in [0.15, 0.2) is 35.9 Å². The molecule has 1 amide bonds. The average molecular weight is 322 g/mol. The number of amides is 1. The maximum atomic E-state index is 11.9. The smallest absolute Gasteiger partial charge is 0.224 e. The zero-order valence-corrected chi connectivity index (χ0v) is 14.7. The molecule has 1 unspecified atom stereocenters. The van der Waals surface area contributed by atoms with Crippen LogP contribution in [-0.4, -0.2) is 12.1 Å². The van der Waals surface area contributed by atoms with Crippen LogP contribution >= 0.6 is 0 Å². The van der Waals surface area contributed by atoms with Gasteiger partial charge in [-0.05, 0) is 72.4 Å². The number of carbonyl (C=O) groups excluding carboxylic acids is 1. The fourth-order valence-electron chi connectivity index (χ4n) is 3.16. The molecule has 1 heterocycles. The molecular formula is C21H26N2O. The first-order chi connectivity index (χ1) is 11.6. The molecule has 1 atom stereocenters. The fraction of sp³-hybridized carbons (Fsp3) is 0.381. The minimum Gasteiger partial charge on any atom is -0.368 e. The molecule has 0 radical (unpaired) electrons. The summed E-state index contributed by atoms with van der Waals surface area (Å²) in [5.41, 5.74) is 3.81. The highest BCUT2D eigenvalue weighted by Gasteiger charge is 2.30. The Labute approximate surface area is 143 Å². The van der Waals surface area contributed by atoms with Crippen LogP contribution in [0.3, 0.4) is 0 Å². The first-order valence-electron chi connectivity index (χ1n) is 8.84. The zero-order chi connectivity index (χ0) is 17.1. The molecule has 1 saturated carbocycles. The minimum atomic E-state index is -0.112. The second-order valence-electron chi connectivity index (χ2n) is 6.58. The normalized spacial score (nSPS) is 20.4. The molecule has 0 saturated heterocycles. The molecule has 2 N–H and O–H groups in total. The third-order valence-corrected chi connectivity index (χ3v) is 4.63. The lowest BCUT2D eigenvalue weighted by atomic mass is 9.96. The van der Waals surface area contributed by atoms with E-state index in [9.17, 15) is 4.79 Å². The third kappa shape index (κ3) is 3.61. The molecule has 1 fully saturated rings. The van der Waals surface area contributed by atoms with Gasteiger partial charge in [0.15, 0.2) is 0 Å². The van der Waals surface area contributed by atoms with Gasteiger partial charge in [-0.3, -0.25) is 4.79 Å². The highest BCUT2D eigenvalue weighted by Crippen LogP contribution is 2.28. The van der Waals surface area contributed by atoms with Gasteiger partial charge in [0.05, 0.1) is 0 Å². The molecule has 24 heavy (non-hydrogen) atoms. The highest BCUT2D eigenvalue weighted by atomic mass is 16.2. The van der Waals surface area contributed by atoms with E-state index >= 15 is 0 Å². The monoisotopic (exact) mass is 322 g/mol. The molecule has 0 spiro atoms. The number of carbonyl (C=O) groups is 1. The Kier molecular flexibility index (Phi) is 4.89. The number of allylic oxidation sites excluding steroid dienone is 4. The van der Waals surface area contributed by atoms with Gasteiger partial charge >= 0.3 is 0 Å². The van der Waals surface area contributed by atoms with E-state index in [4.69, 9.17) is 0 Å². The summed E-state index contributed by atoms with van der Waals surface area (Å²) in [6.07, 6.45) is 11.5. The lowest BCUT2D eigenvalue weighted by Crippen LogP contribution is -2.48. The molecule has 3 heteroatoms. The minimum absolute atomic E-state index is 0.112. The van der Waals surface area contributed by atoms with Gasteiger partial charge in [0.1, 0.15) is 6.17 Å². The fourth-order valence-corrected chi connectivity index (χ4v) is 3.16. The van der Waals surface area contributed by atoms with Crippen molar-refractivity contribution < 1.29 is 4.79 Å². The van der Waals surface area contributed by atoms with Gasteiger partial charge in [-0.2, -0.15) is 0 Å². The molecular weight excluding hydrogens is 296 g/mol. The molecule has 0 aromatic heterocycles. The van der Waals surface area contributed by atoms with Gasteiger partial charge in [0.25, 0.3) is 0 Å². The highest BCUT2D eigenvalue weighted by molar-refractivity contribution is 5.82. The van der Waals surface area contributed by atoms with E-state index in [1.807, 2.05) is 6.20 Å². The van der Waals surface area contributed by atoms with E-state index in [-0.39, 0.29) is 18.0 Å². The standard InChI is InChI=1S/C21H26N2O/c1-4-6-14(3)19(5-2)17-10-9-16-12-20(22-13-18(16)11-17)23-21(24)15-7-8-15/h5-6,9-13,15,20,22H,4,7-8H2,1-3H3,(H,23,24)/b14-6-,19-5+. The molecule has 2 aliphatic rings. The van der Waals surface area contributed by atoms with Crippen molar-refractivity contribution in [3.05, 3.63) is 51.9 Å². The second kappa shape index (κ2) is 7.08. The van der Waals surface area contributed by atoms with Crippen LogP contribution in [0.5, 0.6) is 0 Å². The van der Waals surface area contributed by atoms with E-state index in [0.717, 1.165) is 29.7 Å². The summed E-state index contributed by atoms with van der Waals surface area (Å²) in [6.45, 7) is 6.40. The van der Waals surface area contributed by atoms with Crippen LogP contribution < -0.4 is 21.1 Å². The number of rotatable bonds is 5.